The minimum absolute atomic E-state index is 0.151. The summed E-state index contributed by atoms with van der Waals surface area (Å²) >= 11 is 12.9. The molecule has 0 saturated heterocycles. The zero-order valence-electron chi connectivity index (χ0n) is 18.2. The van der Waals surface area contributed by atoms with Gasteiger partial charge in [-0.1, -0.05) is 59.6 Å². The highest BCUT2D eigenvalue weighted by Crippen LogP contribution is 2.34. The molecule has 0 aliphatic heterocycles. The van der Waals surface area contributed by atoms with Crippen LogP contribution >= 0.6 is 35.0 Å². The molecule has 0 bridgehead atoms. The van der Waals surface area contributed by atoms with Crippen LogP contribution in [-0.2, 0) is 4.79 Å². The Morgan fingerprint density at radius 1 is 1.17 bits per heavy atom. The number of hydrogen-bond acceptors (Lipinski definition) is 8. The van der Waals surface area contributed by atoms with Gasteiger partial charge in [0.15, 0.2) is 12.4 Å². The van der Waals surface area contributed by atoms with Crippen LogP contribution in [0, 0.1) is 10.1 Å². The third kappa shape index (κ3) is 6.60. The zero-order chi connectivity index (χ0) is 25.5. The molecular weight excluding hydrogens is 527 g/mol. The molecule has 182 valence electrons. The van der Waals surface area contributed by atoms with Gasteiger partial charge in [0, 0.05) is 22.2 Å². The number of hydrogen-bond donors (Lipinski definition) is 2. The highest BCUT2D eigenvalue weighted by Gasteiger charge is 2.18. The topological polar surface area (TPSA) is 135 Å². The summed E-state index contributed by atoms with van der Waals surface area (Å²) in [7, 11) is 0. The third-order valence-electron chi connectivity index (χ3n) is 4.55. The summed E-state index contributed by atoms with van der Waals surface area (Å²) in [5.74, 6) is 0.312. The number of halogens is 2. The van der Waals surface area contributed by atoms with Crippen LogP contribution in [0.4, 0.5) is 5.69 Å². The monoisotopic (exact) mass is 542 g/mol. The van der Waals surface area contributed by atoms with E-state index in [4.69, 9.17) is 27.9 Å². The lowest BCUT2D eigenvalue weighted by atomic mass is 10.2. The number of hydrazone groups is 1. The maximum atomic E-state index is 12.0. The molecule has 0 aliphatic rings. The lowest BCUT2D eigenvalue weighted by Gasteiger charge is -2.07. The van der Waals surface area contributed by atoms with E-state index in [9.17, 15) is 14.9 Å². The standard InChI is InChI=1S/C23H16Cl2N6O4S/c24-16-7-8-19(17(25)11-16)35-13-21(32)28-26-12-14-6-9-20(18(10-14)31(33)34)36-23-27-22(29-30-23)15-4-2-1-3-5-15/h1-12H,13H2,(H,28,32)(H,27,29,30)/b26-12-. The van der Waals surface area contributed by atoms with Crippen molar-refractivity contribution < 1.29 is 14.5 Å². The van der Waals surface area contributed by atoms with E-state index in [0.717, 1.165) is 17.3 Å². The number of nitro benzene ring substituents is 1. The number of aromatic nitrogens is 3. The Hall–Kier alpha value is -3.93. The number of nitrogens with one attached hydrogen (secondary N) is 2. The Bertz CT molecular complexity index is 1430. The van der Waals surface area contributed by atoms with Crippen molar-refractivity contribution in [1.29, 1.82) is 0 Å². The number of aromatic amines is 1. The van der Waals surface area contributed by atoms with Crippen LogP contribution in [0.3, 0.4) is 0 Å². The molecule has 0 spiro atoms. The van der Waals surface area contributed by atoms with Gasteiger partial charge in [0.05, 0.1) is 21.1 Å². The van der Waals surface area contributed by atoms with Gasteiger partial charge >= 0.3 is 0 Å². The van der Waals surface area contributed by atoms with Crippen molar-refractivity contribution in [1.82, 2.24) is 20.6 Å². The van der Waals surface area contributed by atoms with Crippen LogP contribution in [0.25, 0.3) is 11.4 Å². The molecular formula is C23H16Cl2N6O4S. The van der Waals surface area contributed by atoms with Crippen LogP contribution in [0.2, 0.25) is 10.0 Å². The summed E-state index contributed by atoms with van der Waals surface area (Å²) in [6.07, 6.45) is 1.29. The first-order valence-corrected chi connectivity index (χ1v) is 11.8. The van der Waals surface area contributed by atoms with Crippen LogP contribution in [-0.4, -0.2) is 38.8 Å². The van der Waals surface area contributed by atoms with Crippen molar-refractivity contribution >= 4 is 52.8 Å². The molecule has 0 aliphatic carbocycles. The summed E-state index contributed by atoms with van der Waals surface area (Å²) in [6.45, 7) is -0.337. The van der Waals surface area contributed by atoms with E-state index in [1.807, 2.05) is 30.3 Å². The predicted molar refractivity (Wildman–Crippen MR) is 137 cm³/mol. The van der Waals surface area contributed by atoms with E-state index < -0.39 is 10.8 Å². The maximum absolute atomic E-state index is 12.0. The van der Waals surface area contributed by atoms with Gasteiger partial charge in [-0.05, 0) is 36.0 Å². The number of nitro groups is 1. The minimum atomic E-state index is -0.544. The summed E-state index contributed by atoms with van der Waals surface area (Å²) in [6, 6.07) is 18.5. The lowest BCUT2D eigenvalue weighted by molar-refractivity contribution is -0.387. The molecule has 3 aromatic carbocycles. The molecule has 2 N–H and O–H groups in total. The number of ether oxygens (including phenoxy) is 1. The largest absolute Gasteiger partial charge is 0.482 e. The Morgan fingerprint density at radius 3 is 2.72 bits per heavy atom. The number of H-pyrrole nitrogens is 1. The first kappa shape index (κ1) is 25.2. The first-order valence-electron chi connectivity index (χ1n) is 10.2. The summed E-state index contributed by atoms with van der Waals surface area (Å²) in [5.41, 5.74) is 3.40. The van der Waals surface area contributed by atoms with E-state index in [0.29, 0.717) is 32.2 Å². The highest BCUT2D eigenvalue weighted by atomic mass is 35.5. The Labute approximate surface area is 218 Å². The maximum Gasteiger partial charge on any atom is 0.283 e. The second-order valence-corrected chi connectivity index (χ2v) is 8.93. The van der Waals surface area contributed by atoms with Crippen molar-refractivity contribution in [3.8, 4) is 17.1 Å². The van der Waals surface area contributed by atoms with Crippen molar-refractivity contribution in [3.05, 3.63) is 92.5 Å². The van der Waals surface area contributed by atoms with Gasteiger partial charge in [0.25, 0.3) is 11.6 Å². The Morgan fingerprint density at radius 2 is 1.97 bits per heavy atom. The van der Waals surface area contributed by atoms with Crippen LogP contribution < -0.4 is 10.2 Å². The van der Waals surface area contributed by atoms with E-state index in [1.54, 1.807) is 24.3 Å². The zero-order valence-corrected chi connectivity index (χ0v) is 20.5. The molecule has 4 aromatic rings. The molecule has 36 heavy (non-hydrogen) atoms. The van der Waals surface area contributed by atoms with Gasteiger partial charge < -0.3 is 4.74 Å². The third-order valence-corrected chi connectivity index (χ3v) is 6.01. The van der Waals surface area contributed by atoms with E-state index in [-0.39, 0.29) is 17.3 Å². The second kappa shape index (κ2) is 11.7. The number of amides is 1. The molecule has 0 saturated carbocycles. The molecule has 0 radical (unpaired) electrons. The van der Waals surface area contributed by atoms with Crippen molar-refractivity contribution in [3.63, 3.8) is 0 Å². The molecule has 0 fully saturated rings. The fraction of sp³-hybridized carbons (Fsp3) is 0.0435. The van der Waals surface area contributed by atoms with Crippen LogP contribution in [0.15, 0.2) is 81.9 Å². The normalized spacial score (nSPS) is 10.9. The van der Waals surface area contributed by atoms with Gasteiger partial charge in [0.1, 0.15) is 5.75 Å². The summed E-state index contributed by atoms with van der Waals surface area (Å²) in [4.78, 5) is 27.8. The summed E-state index contributed by atoms with van der Waals surface area (Å²) in [5, 5.41) is 23.5. The SMILES string of the molecule is O=C(COc1ccc(Cl)cc1Cl)N/N=C\c1ccc(Sc2n[nH]c(-c3ccccc3)n2)c([N+](=O)[O-])c1. The number of carbonyl (C=O) groups excluding carboxylic acids is 1. The fourth-order valence-corrected chi connectivity index (χ4v) is 4.17. The van der Waals surface area contributed by atoms with Crippen molar-refractivity contribution in [2.75, 3.05) is 6.61 Å². The Kier molecular flexibility index (Phi) is 8.16. The summed E-state index contributed by atoms with van der Waals surface area (Å²) < 4.78 is 5.33. The molecule has 0 unspecified atom stereocenters. The van der Waals surface area contributed by atoms with Crippen LogP contribution in [0.5, 0.6) is 5.75 Å². The molecule has 1 aromatic heterocycles. The molecule has 0 atom stereocenters. The molecule has 13 heteroatoms. The van der Waals surface area contributed by atoms with Crippen molar-refractivity contribution in [2.45, 2.75) is 10.1 Å². The average molecular weight is 543 g/mol. The minimum Gasteiger partial charge on any atom is -0.482 e. The molecule has 1 amide bonds. The molecule has 1 heterocycles. The molecule has 10 nitrogen and oxygen atoms in total. The second-order valence-electron chi connectivity index (χ2n) is 7.08. The lowest BCUT2D eigenvalue weighted by Crippen LogP contribution is -2.24. The van der Waals surface area contributed by atoms with Crippen LogP contribution in [0.1, 0.15) is 5.56 Å². The van der Waals surface area contributed by atoms with Crippen molar-refractivity contribution in [2.24, 2.45) is 5.10 Å². The predicted octanol–water partition coefficient (Wildman–Crippen LogP) is 5.37. The first-order chi connectivity index (χ1) is 17.4. The number of carbonyl (C=O) groups is 1. The molecule has 4 rings (SSSR count). The average Bonchev–Trinajstić information content (AvgIpc) is 3.33. The van der Waals surface area contributed by atoms with E-state index >= 15 is 0 Å². The number of nitrogens with zero attached hydrogens (tertiary/aromatic N) is 4. The number of benzene rings is 3. The quantitative estimate of drug-likeness (QED) is 0.165. The van der Waals surface area contributed by atoms with Gasteiger partial charge in [-0.25, -0.2) is 10.4 Å². The van der Waals surface area contributed by atoms with Gasteiger partial charge in [0.2, 0.25) is 5.16 Å². The van der Waals surface area contributed by atoms with E-state index in [1.165, 1.54) is 18.3 Å². The number of rotatable bonds is 9. The van der Waals surface area contributed by atoms with E-state index in [2.05, 4.69) is 25.7 Å². The Balaban J connectivity index is 1.38. The highest BCUT2D eigenvalue weighted by molar-refractivity contribution is 7.99. The fourth-order valence-electron chi connectivity index (χ4n) is 2.91. The van der Waals surface area contributed by atoms with Gasteiger partial charge in [-0.3, -0.25) is 20.0 Å². The smallest absolute Gasteiger partial charge is 0.283 e. The van der Waals surface area contributed by atoms with Gasteiger partial charge in [-0.15, -0.1) is 5.10 Å². The van der Waals surface area contributed by atoms with Gasteiger partial charge in [-0.2, -0.15) is 5.10 Å².